The molecule has 4 bridgehead atoms. The number of fused-ring (bicyclic) bond motifs is 4. The molecule has 0 N–H and O–H groups in total. The fraction of sp³-hybridized carbons (Fsp3) is 0.273. The molecule has 2 aliphatic heterocycles. The van der Waals surface area contributed by atoms with E-state index in [1.54, 1.807) is 21.3 Å². The molecule has 2 aliphatic rings. The molecule has 0 spiro atoms. The first kappa shape index (κ1) is 26.6. The second kappa shape index (κ2) is 12.7. The van der Waals surface area contributed by atoms with E-state index in [9.17, 15) is 0 Å². The lowest BCUT2D eigenvalue weighted by atomic mass is 9.90. The van der Waals surface area contributed by atoms with Crippen LogP contribution in [0.3, 0.4) is 0 Å². The van der Waals surface area contributed by atoms with Gasteiger partial charge in [0, 0.05) is 14.2 Å². The van der Waals surface area contributed by atoms with E-state index in [2.05, 4.69) is 48.5 Å². The summed E-state index contributed by atoms with van der Waals surface area (Å²) in [5, 5.41) is 0. The van der Waals surface area contributed by atoms with Gasteiger partial charge in [-0.15, -0.1) is 0 Å². The van der Waals surface area contributed by atoms with Gasteiger partial charge < -0.3 is 28.4 Å². The third-order valence-corrected chi connectivity index (χ3v) is 6.88. The zero-order chi connectivity index (χ0) is 27.0. The van der Waals surface area contributed by atoms with Crippen molar-refractivity contribution in [3.8, 4) is 39.9 Å². The van der Waals surface area contributed by atoms with Crippen molar-refractivity contribution in [3.05, 3.63) is 101 Å². The van der Waals surface area contributed by atoms with E-state index in [1.807, 2.05) is 30.3 Å². The van der Waals surface area contributed by atoms with Gasteiger partial charge in [-0.2, -0.15) is 0 Å². The summed E-state index contributed by atoms with van der Waals surface area (Å²) in [5.41, 5.74) is 7.22. The van der Waals surface area contributed by atoms with E-state index in [0.29, 0.717) is 11.5 Å². The molecule has 39 heavy (non-hydrogen) atoms. The largest absolute Gasteiger partial charge is 0.497 e. The Morgan fingerprint density at radius 2 is 1.21 bits per heavy atom. The Balaban J connectivity index is 1.60. The predicted octanol–water partition coefficient (Wildman–Crippen LogP) is 7.00. The number of methoxy groups -OCH3 is 3. The minimum atomic E-state index is 0.149. The number of ether oxygens (including phenoxy) is 6. The van der Waals surface area contributed by atoms with E-state index in [4.69, 9.17) is 28.4 Å². The van der Waals surface area contributed by atoms with Crippen LogP contribution in [0.1, 0.15) is 22.3 Å². The van der Waals surface area contributed by atoms with Crippen molar-refractivity contribution < 1.29 is 28.4 Å². The Morgan fingerprint density at radius 3 is 1.90 bits per heavy atom. The van der Waals surface area contributed by atoms with Gasteiger partial charge in [0.15, 0.2) is 25.1 Å². The highest BCUT2D eigenvalue weighted by Gasteiger charge is 2.15. The molecular formula is C33H34O6. The standard InChI is InChI=1S/C33H34O6/c1-34-21-37-29-14-16-31-26(20-29)10-5-24-8-17-32(38-22-35-2)33(18-24)39-27-11-6-23(7-12-27)4-9-25-19-28(36-3)13-15-30(25)31/h6-8,11-20H,4-5,9-10,21-22H2,1-3H3. The van der Waals surface area contributed by atoms with Crippen LogP contribution in [0.4, 0.5) is 0 Å². The van der Waals surface area contributed by atoms with Crippen molar-refractivity contribution in [3.63, 3.8) is 0 Å². The maximum Gasteiger partial charge on any atom is 0.188 e. The van der Waals surface area contributed by atoms with Gasteiger partial charge in [0.05, 0.1) is 7.11 Å². The molecule has 0 radical (unpaired) electrons. The summed E-state index contributed by atoms with van der Waals surface area (Å²) in [4.78, 5) is 0. The number of hydrogen-bond donors (Lipinski definition) is 0. The van der Waals surface area contributed by atoms with E-state index in [-0.39, 0.29) is 13.6 Å². The van der Waals surface area contributed by atoms with Crippen molar-refractivity contribution in [2.24, 2.45) is 0 Å². The number of benzene rings is 4. The molecule has 0 aliphatic carbocycles. The van der Waals surface area contributed by atoms with Crippen LogP contribution in [-0.4, -0.2) is 34.9 Å². The lowest BCUT2D eigenvalue weighted by molar-refractivity contribution is 0.0495. The molecule has 0 aromatic heterocycles. The zero-order valence-electron chi connectivity index (χ0n) is 22.7. The quantitative estimate of drug-likeness (QED) is 0.242. The number of aryl methyl sites for hydroxylation is 4. The first-order valence-corrected chi connectivity index (χ1v) is 13.1. The molecule has 0 amide bonds. The molecule has 0 unspecified atom stereocenters. The van der Waals surface area contributed by atoms with E-state index in [1.165, 1.54) is 27.8 Å². The molecule has 0 atom stereocenters. The van der Waals surface area contributed by atoms with Crippen LogP contribution in [0.25, 0.3) is 11.1 Å². The molecule has 6 heteroatoms. The molecule has 6 nitrogen and oxygen atoms in total. The van der Waals surface area contributed by atoms with Gasteiger partial charge >= 0.3 is 0 Å². The van der Waals surface area contributed by atoms with Gasteiger partial charge in [-0.1, -0.05) is 30.3 Å². The summed E-state index contributed by atoms with van der Waals surface area (Å²) in [7, 11) is 4.94. The zero-order valence-corrected chi connectivity index (χ0v) is 22.7. The Kier molecular flexibility index (Phi) is 8.66. The summed E-state index contributed by atoms with van der Waals surface area (Å²) < 4.78 is 33.7. The molecule has 0 fully saturated rings. The molecule has 0 saturated carbocycles. The smallest absolute Gasteiger partial charge is 0.188 e. The number of hydrogen-bond acceptors (Lipinski definition) is 6. The van der Waals surface area contributed by atoms with Gasteiger partial charge in [0.25, 0.3) is 0 Å². The van der Waals surface area contributed by atoms with Crippen molar-refractivity contribution >= 4 is 0 Å². The fourth-order valence-corrected chi connectivity index (χ4v) is 4.86. The van der Waals surface area contributed by atoms with Crippen LogP contribution in [0.15, 0.2) is 78.9 Å². The Morgan fingerprint density at radius 1 is 0.590 bits per heavy atom. The van der Waals surface area contributed by atoms with Gasteiger partial charge in [0.2, 0.25) is 0 Å². The minimum absolute atomic E-state index is 0.149. The SMILES string of the molecule is COCOc1ccc2c(c1)CCc1ccc(OCOC)c(c1)Oc1ccc(cc1)CCc1cc(OC)ccc1-2. The Bertz CT molecular complexity index is 1400. The number of rotatable bonds is 7. The van der Waals surface area contributed by atoms with E-state index in [0.717, 1.165) is 48.5 Å². The van der Waals surface area contributed by atoms with Gasteiger partial charge in [-0.3, -0.25) is 0 Å². The molecule has 4 aromatic rings. The molecular weight excluding hydrogens is 492 g/mol. The molecule has 4 aromatic carbocycles. The Hall–Kier alpha value is -4.00. The predicted molar refractivity (Wildman–Crippen MR) is 151 cm³/mol. The second-order valence-electron chi connectivity index (χ2n) is 9.47. The minimum Gasteiger partial charge on any atom is -0.497 e. The lowest BCUT2D eigenvalue weighted by Crippen LogP contribution is -2.04. The third-order valence-electron chi connectivity index (χ3n) is 6.88. The monoisotopic (exact) mass is 526 g/mol. The van der Waals surface area contributed by atoms with E-state index < -0.39 is 0 Å². The topological polar surface area (TPSA) is 55.4 Å². The van der Waals surface area contributed by atoms with Gasteiger partial charge in [-0.25, -0.2) is 0 Å². The maximum absolute atomic E-state index is 6.29. The summed E-state index contributed by atoms with van der Waals surface area (Å²) in [6, 6.07) is 27.0. The normalized spacial score (nSPS) is 12.7. The van der Waals surface area contributed by atoms with Crippen LogP contribution >= 0.6 is 0 Å². The first-order valence-electron chi connectivity index (χ1n) is 13.1. The summed E-state index contributed by atoms with van der Waals surface area (Å²) in [6.07, 6.45) is 3.40. The van der Waals surface area contributed by atoms with Crippen LogP contribution in [0.2, 0.25) is 0 Å². The third kappa shape index (κ3) is 6.53. The Labute approximate surface area is 230 Å². The highest BCUT2D eigenvalue weighted by Crippen LogP contribution is 2.36. The van der Waals surface area contributed by atoms with Crippen molar-refractivity contribution in [2.45, 2.75) is 25.7 Å². The molecule has 2 heterocycles. The van der Waals surface area contributed by atoms with Crippen LogP contribution in [0, 0.1) is 0 Å². The van der Waals surface area contributed by atoms with Crippen LogP contribution < -0.4 is 18.9 Å². The molecule has 0 saturated heterocycles. The summed E-state index contributed by atoms with van der Waals surface area (Å²) in [5.74, 6) is 3.71. The lowest BCUT2D eigenvalue weighted by Gasteiger charge is -2.18. The van der Waals surface area contributed by atoms with Gasteiger partial charge in [0.1, 0.15) is 17.2 Å². The fourth-order valence-electron chi connectivity index (χ4n) is 4.86. The molecule has 202 valence electrons. The van der Waals surface area contributed by atoms with Crippen LogP contribution in [0.5, 0.6) is 28.7 Å². The highest BCUT2D eigenvalue weighted by molar-refractivity contribution is 5.73. The average Bonchev–Trinajstić information content (AvgIpc) is 2.97. The van der Waals surface area contributed by atoms with Gasteiger partial charge in [-0.05, 0) is 108 Å². The maximum atomic E-state index is 6.29. The van der Waals surface area contributed by atoms with Crippen molar-refractivity contribution in [2.75, 3.05) is 34.9 Å². The van der Waals surface area contributed by atoms with Crippen molar-refractivity contribution in [1.29, 1.82) is 0 Å². The van der Waals surface area contributed by atoms with E-state index >= 15 is 0 Å². The average molecular weight is 527 g/mol. The van der Waals surface area contributed by atoms with Crippen molar-refractivity contribution in [1.82, 2.24) is 0 Å². The van der Waals surface area contributed by atoms with Crippen LogP contribution in [-0.2, 0) is 35.2 Å². The summed E-state index contributed by atoms with van der Waals surface area (Å²) >= 11 is 0. The summed E-state index contributed by atoms with van der Waals surface area (Å²) in [6.45, 7) is 0.352. The first-order chi connectivity index (χ1) is 19.2. The highest BCUT2D eigenvalue weighted by atomic mass is 16.7. The molecule has 6 rings (SSSR count). The second-order valence-corrected chi connectivity index (χ2v) is 9.47.